The summed E-state index contributed by atoms with van der Waals surface area (Å²) in [5.74, 6) is 0.164. The highest BCUT2D eigenvalue weighted by Crippen LogP contribution is 2.25. The van der Waals surface area contributed by atoms with Gasteiger partial charge >= 0.3 is 0 Å². The molecular weight excluding hydrogens is 278 g/mol. The van der Waals surface area contributed by atoms with Crippen LogP contribution in [0.1, 0.15) is 43.5 Å². The normalized spacial score (nSPS) is 24.8. The smallest absolute Gasteiger partial charge is 0.254 e. The van der Waals surface area contributed by atoms with Crippen molar-refractivity contribution >= 4 is 21.8 Å². The van der Waals surface area contributed by atoms with Crippen molar-refractivity contribution in [3.8, 4) is 0 Å². The molecule has 3 heteroatoms. The molecule has 0 aliphatic carbocycles. The molecule has 17 heavy (non-hydrogen) atoms. The van der Waals surface area contributed by atoms with Crippen LogP contribution in [0.15, 0.2) is 28.7 Å². The molecule has 2 nitrogen and oxygen atoms in total. The number of carbonyl (C=O) groups is 1. The number of amides is 1. The summed E-state index contributed by atoms with van der Waals surface area (Å²) in [6.07, 6.45) is 3.46. The van der Waals surface area contributed by atoms with Crippen LogP contribution in [-0.4, -0.2) is 22.9 Å². The van der Waals surface area contributed by atoms with E-state index in [1.165, 1.54) is 6.42 Å². The molecule has 1 saturated heterocycles. The highest BCUT2D eigenvalue weighted by Gasteiger charge is 2.29. The van der Waals surface area contributed by atoms with E-state index in [4.69, 9.17) is 0 Å². The topological polar surface area (TPSA) is 20.3 Å². The van der Waals surface area contributed by atoms with Crippen LogP contribution in [0.2, 0.25) is 0 Å². The second-order valence-corrected chi connectivity index (χ2v) is 5.76. The molecule has 92 valence electrons. The van der Waals surface area contributed by atoms with Gasteiger partial charge in [-0.05, 0) is 57.4 Å². The van der Waals surface area contributed by atoms with Crippen LogP contribution in [0, 0.1) is 0 Å². The van der Waals surface area contributed by atoms with Crippen LogP contribution in [0.4, 0.5) is 0 Å². The third-order valence-electron chi connectivity index (χ3n) is 3.52. The molecule has 1 heterocycles. The summed E-state index contributed by atoms with van der Waals surface area (Å²) in [6, 6.07) is 8.34. The number of nitrogens with zero attached hydrogens (tertiary/aromatic N) is 1. The Balaban J connectivity index is 2.20. The molecular formula is C14H18BrNO. The Morgan fingerprint density at radius 3 is 2.24 bits per heavy atom. The Kier molecular flexibility index (Phi) is 3.87. The Labute approximate surface area is 111 Å². The summed E-state index contributed by atoms with van der Waals surface area (Å²) in [5, 5.41) is 0. The van der Waals surface area contributed by atoms with Crippen molar-refractivity contribution in [1.82, 2.24) is 4.90 Å². The van der Waals surface area contributed by atoms with Gasteiger partial charge in [0.25, 0.3) is 5.91 Å². The van der Waals surface area contributed by atoms with E-state index in [0.717, 1.165) is 22.9 Å². The third-order valence-corrected chi connectivity index (χ3v) is 4.05. The second-order valence-electron chi connectivity index (χ2n) is 4.85. The molecule has 2 atom stereocenters. The maximum atomic E-state index is 12.4. The molecule has 1 aromatic rings. The number of rotatable bonds is 1. The minimum atomic E-state index is 0.164. The molecule has 1 aliphatic rings. The Morgan fingerprint density at radius 1 is 1.18 bits per heavy atom. The molecule has 0 spiro atoms. The van der Waals surface area contributed by atoms with Crippen LogP contribution in [-0.2, 0) is 0 Å². The number of hydrogen-bond donors (Lipinski definition) is 0. The zero-order valence-electron chi connectivity index (χ0n) is 10.3. The van der Waals surface area contributed by atoms with Crippen molar-refractivity contribution in [2.24, 2.45) is 0 Å². The van der Waals surface area contributed by atoms with Gasteiger partial charge in [0, 0.05) is 22.1 Å². The standard InChI is InChI=1S/C14H18BrNO/c1-10-4-3-5-11(2)16(10)14(17)12-6-8-13(15)9-7-12/h6-11H,3-5H2,1-2H3/t10-,11-/m1/s1. The predicted octanol–water partition coefficient (Wildman–Crippen LogP) is 3.85. The van der Waals surface area contributed by atoms with Gasteiger partial charge in [-0.15, -0.1) is 0 Å². The van der Waals surface area contributed by atoms with E-state index in [2.05, 4.69) is 29.8 Å². The maximum Gasteiger partial charge on any atom is 0.254 e. The van der Waals surface area contributed by atoms with Crippen LogP contribution in [0.3, 0.4) is 0 Å². The zero-order chi connectivity index (χ0) is 12.4. The summed E-state index contributed by atoms with van der Waals surface area (Å²) in [4.78, 5) is 14.5. The fraction of sp³-hybridized carbons (Fsp3) is 0.500. The Bertz CT molecular complexity index is 391. The van der Waals surface area contributed by atoms with Gasteiger partial charge in [0.15, 0.2) is 0 Å². The number of likely N-dealkylation sites (tertiary alicyclic amines) is 1. The summed E-state index contributed by atoms with van der Waals surface area (Å²) in [7, 11) is 0. The van der Waals surface area contributed by atoms with Crippen molar-refractivity contribution in [2.75, 3.05) is 0 Å². The molecule has 1 aliphatic heterocycles. The monoisotopic (exact) mass is 295 g/mol. The minimum absolute atomic E-state index is 0.164. The quantitative estimate of drug-likeness (QED) is 0.771. The van der Waals surface area contributed by atoms with Crippen LogP contribution < -0.4 is 0 Å². The molecule has 0 N–H and O–H groups in total. The molecule has 1 amide bonds. The van der Waals surface area contributed by atoms with Crippen molar-refractivity contribution in [3.63, 3.8) is 0 Å². The lowest BCUT2D eigenvalue weighted by molar-refractivity contribution is 0.0511. The van der Waals surface area contributed by atoms with Crippen LogP contribution in [0.25, 0.3) is 0 Å². The minimum Gasteiger partial charge on any atom is -0.333 e. The fourth-order valence-corrected chi connectivity index (χ4v) is 2.83. The lowest BCUT2D eigenvalue weighted by Gasteiger charge is -2.39. The number of piperidine rings is 1. The van der Waals surface area contributed by atoms with Gasteiger partial charge in [-0.1, -0.05) is 15.9 Å². The van der Waals surface area contributed by atoms with Crippen LogP contribution >= 0.6 is 15.9 Å². The second kappa shape index (κ2) is 5.21. The Hall–Kier alpha value is -0.830. The molecule has 2 rings (SSSR count). The van der Waals surface area contributed by atoms with E-state index in [-0.39, 0.29) is 5.91 Å². The number of carbonyl (C=O) groups excluding carboxylic acids is 1. The lowest BCUT2D eigenvalue weighted by Crippen LogP contribution is -2.47. The van der Waals surface area contributed by atoms with E-state index in [1.54, 1.807) is 0 Å². The zero-order valence-corrected chi connectivity index (χ0v) is 11.9. The predicted molar refractivity (Wildman–Crippen MR) is 73.1 cm³/mol. The van der Waals surface area contributed by atoms with Gasteiger partial charge in [0.2, 0.25) is 0 Å². The number of halogens is 1. The third kappa shape index (κ3) is 2.71. The maximum absolute atomic E-state index is 12.4. The van der Waals surface area contributed by atoms with Gasteiger partial charge in [-0.3, -0.25) is 4.79 Å². The van der Waals surface area contributed by atoms with Crippen molar-refractivity contribution in [2.45, 2.75) is 45.2 Å². The van der Waals surface area contributed by atoms with E-state index in [1.807, 2.05) is 29.2 Å². The lowest BCUT2D eigenvalue weighted by atomic mass is 9.96. The van der Waals surface area contributed by atoms with Crippen molar-refractivity contribution in [3.05, 3.63) is 34.3 Å². The first kappa shape index (κ1) is 12.6. The number of hydrogen-bond acceptors (Lipinski definition) is 1. The largest absolute Gasteiger partial charge is 0.333 e. The highest BCUT2D eigenvalue weighted by molar-refractivity contribution is 9.10. The molecule has 0 radical (unpaired) electrons. The first-order valence-corrected chi connectivity index (χ1v) is 6.97. The van der Waals surface area contributed by atoms with Crippen molar-refractivity contribution < 1.29 is 4.79 Å². The average molecular weight is 296 g/mol. The SMILES string of the molecule is C[C@@H]1CCC[C@@H](C)N1C(=O)c1ccc(Br)cc1. The molecule has 0 bridgehead atoms. The molecule has 1 fully saturated rings. The summed E-state index contributed by atoms with van der Waals surface area (Å²) >= 11 is 3.39. The summed E-state index contributed by atoms with van der Waals surface area (Å²) in [6.45, 7) is 4.29. The Morgan fingerprint density at radius 2 is 1.71 bits per heavy atom. The molecule has 0 saturated carbocycles. The van der Waals surface area contributed by atoms with E-state index >= 15 is 0 Å². The fourth-order valence-electron chi connectivity index (χ4n) is 2.56. The van der Waals surface area contributed by atoms with Gasteiger partial charge in [-0.2, -0.15) is 0 Å². The first-order valence-electron chi connectivity index (χ1n) is 6.18. The van der Waals surface area contributed by atoms with Gasteiger partial charge in [0.1, 0.15) is 0 Å². The van der Waals surface area contributed by atoms with E-state index in [0.29, 0.717) is 12.1 Å². The van der Waals surface area contributed by atoms with Gasteiger partial charge in [-0.25, -0.2) is 0 Å². The van der Waals surface area contributed by atoms with Crippen molar-refractivity contribution in [1.29, 1.82) is 0 Å². The van der Waals surface area contributed by atoms with Gasteiger partial charge < -0.3 is 4.90 Å². The summed E-state index contributed by atoms with van der Waals surface area (Å²) in [5.41, 5.74) is 0.786. The van der Waals surface area contributed by atoms with Gasteiger partial charge in [0.05, 0.1) is 0 Å². The van der Waals surface area contributed by atoms with Crippen LogP contribution in [0.5, 0.6) is 0 Å². The highest BCUT2D eigenvalue weighted by atomic mass is 79.9. The number of benzene rings is 1. The first-order chi connectivity index (χ1) is 8.09. The van der Waals surface area contributed by atoms with E-state index < -0.39 is 0 Å². The molecule has 0 aromatic heterocycles. The van der Waals surface area contributed by atoms with E-state index in [9.17, 15) is 4.79 Å². The molecule has 1 aromatic carbocycles. The molecule has 0 unspecified atom stereocenters. The summed E-state index contributed by atoms with van der Waals surface area (Å²) < 4.78 is 1.01. The average Bonchev–Trinajstić information content (AvgIpc) is 2.29.